The number of hydrogen-bond donors (Lipinski definition) is 1. The van der Waals surface area contributed by atoms with Crippen LogP contribution in [0.2, 0.25) is 0 Å². The summed E-state index contributed by atoms with van der Waals surface area (Å²) in [5, 5.41) is 0. The highest BCUT2D eigenvalue weighted by Crippen LogP contribution is 2.28. The quantitative estimate of drug-likeness (QED) is 0.773. The largest absolute Gasteiger partial charge is 0.411 e. The first kappa shape index (κ1) is 12.7. The van der Waals surface area contributed by atoms with Crippen molar-refractivity contribution in [3.05, 3.63) is 0 Å². The first-order chi connectivity index (χ1) is 6.94. The van der Waals surface area contributed by atoms with E-state index in [4.69, 9.17) is 15.2 Å². The van der Waals surface area contributed by atoms with Crippen LogP contribution in [0, 0.1) is 0 Å². The van der Waals surface area contributed by atoms with Crippen molar-refractivity contribution in [3.8, 4) is 0 Å². The lowest BCUT2D eigenvalue weighted by molar-refractivity contribution is -0.218. The van der Waals surface area contributed by atoms with Gasteiger partial charge in [-0.1, -0.05) is 6.92 Å². The lowest BCUT2D eigenvalue weighted by atomic mass is 9.86. The zero-order valence-corrected chi connectivity index (χ0v) is 8.59. The molecule has 1 rings (SSSR count). The average molecular weight is 227 g/mol. The third-order valence-electron chi connectivity index (χ3n) is 2.27. The lowest BCUT2D eigenvalue weighted by Gasteiger charge is -2.41. The summed E-state index contributed by atoms with van der Waals surface area (Å²) < 4.78 is 45.6. The van der Waals surface area contributed by atoms with Crippen molar-refractivity contribution in [1.29, 1.82) is 0 Å². The molecular weight excluding hydrogens is 211 g/mol. The monoisotopic (exact) mass is 227 g/mol. The molecule has 0 amide bonds. The van der Waals surface area contributed by atoms with Crippen molar-refractivity contribution in [2.75, 3.05) is 13.2 Å². The minimum Gasteiger partial charge on any atom is -0.374 e. The maximum Gasteiger partial charge on any atom is 0.411 e. The standard InChI is InChI=1S/C9H16F3NO2/c1-2-3-14-8-6(13)4-7(8)15-5-9(10,11)12/h6-8H,2-5,13H2,1H3. The SMILES string of the molecule is CCCOC1C(N)CC1OCC(F)(F)F. The first-order valence-electron chi connectivity index (χ1n) is 4.99. The molecule has 3 unspecified atom stereocenters. The van der Waals surface area contributed by atoms with Gasteiger partial charge < -0.3 is 15.2 Å². The Bertz CT molecular complexity index is 198. The van der Waals surface area contributed by atoms with Gasteiger partial charge in [0.1, 0.15) is 6.61 Å². The topological polar surface area (TPSA) is 44.5 Å². The summed E-state index contributed by atoms with van der Waals surface area (Å²) in [6.45, 7) is 1.20. The third-order valence-corrected chi connectivity index (χ3v) is 2.27. The number of halogens is 3. The molecule has 0 heterocycles. The Labute approximate surface area is 86.7 Å². The lowest BCUT2D eigenvalue weighted by Crippen LogP contribution is -2.58. The number of nitrogens with two attached hydrogens (primary N) is 1. The van der Waals surface area contributed by atoms with Gasteiger partial charge in [-0.15, -0.1) is 0 Å². The molecule has 0 saturated heterocycles. The van der Waals surface area contributed by atoms with Crippen LogP contribution in [-0.2, 0) is 9.47 Å². The second-order valence-electron chi connectivity index (χ2n) is 3.70. The van der Waals surface area contributed by atoms with E-state index in [9.17, 15) is 13.2 Å². The van der Waals surface area contributed by atoms with E-state index < -0.39 is 18.9 Å². The molecule has 1 saturated carbocycles. The zero-order chi connectivity index (χ0) is 11.5. The van der Waals surface area contributed by atoms with Crippen LogP contribution in [0.1, 0.15) is 19.8 Å². The van der Waals surface area contributed by atoms with Gasteiger partial charge in [-0.05, 0) is 12.8 Å². The molecule has 0 bridgehead atoms. The molecule has 15 heavy (non-hydrogen) atoms. The molecule has 0 aromatic rings. The van der Waals surface area contributed by atoms with Crippen LogP contribution < -0.4 is 5.73 Å². The Balaban J connectivity index is 2.24. The normalized spacial score (nSPS) is 31.4. The molecule has 90 valence electrons. The second-order valence-corrected chi connectivity index (χ2v) is 3.70. The van der Waals surface area contributed by atoms with Gasteiger partial charge in [0.05, 0.1) is 12.2 Å². The van der Waals surface area contributed by atoms with Crippen LogP contribution in [0.4, 0.5) is 13.2 Å². The molecule has 0 aromatic carbocycles. The van der Waals surface area contributed by atoms with Gasteiger partial charge >= 0.3 is 6.18 Å². The Morgan fingerprint density at radius 3 is 2.47 bits per heavy atom. The van der Waals surface area contributed by atoms with Gasteiger partial charge in [0, 0.05) is 12.6 Å². The van der Waals surface area contributed by atoms with E-state index in [-0.39, 0.29) is 12.1 Å². The van der Waals surface area contributed by atoms with Crippen molar-refractivity contribution >= 4 is 0 Å². The smallest absolute Gasteiger partial charge is 0.374 e. The van der Waals surface area contributed by atoms with Gasteiger partial charge in [-0.2, -0.15) is 13.2 Å². The van der Waals surface area contributed by atoms with Crippen molar-refractivity contribution in [2.45, 2.75) is 44.2 Å². The Morgan fingerprint density at radius 2 is 2.00 bits per heavy atom. The van der Waals surface area contributed by atoms with Crippen molar-refractivity contribution in [3.63, 3.8) is 0 Å². The summed E-state index contributed by atoms with van der Waals surface area (Å²) in [5.41, 5.74) is 5.61. The number of hydrogen-bond acceptors (Lipinski definition) is 3. The summed E-state index contributed by atoms with van der Waals surface area (Å²) in [6.07, 6.45) is -3.92. The van der Waals surface area contributed by atoms with E-state index in [0.29, 0.717) is 13.0 Å². The molecule has 0 radical (unpaired) electrons. The molecule has 0 aromatic heterocycles. The van der Waals surface area contributed by atoms with E-state index in [2.05, 4.69) is 0 Å². The summed E-state index contributed by atoms with van der Waals surface area (Å²) >= 11 is 0. The highest BCUT2D eigenvalue weighted by atomic mass is 19.4. The molecule has 0 spiro atoms. The van der Waals surface area contributed by atoms with Crippen LogP contribution in [0.25, 0.3) is 0 Å². The van der Waals surface area contributed by atoms with Crippen LogP contribution in [0.3, 0.4) is 0 Å². The van der Waals surface area contributed by atoms with Crippen LogP contribution in [0.5, 0.6) is 0 Å². The van der Waals surface area contributed by atoms with Crippen LogP contribution >= 0.6 is 0 Å². The van der Waals surface area contributed by atoms with Crippen molar-refractivity contribution < 1.29 is 22.6 Å². The molecule has 1 aliphatic rings. The molecule has 1 aliphatic carbocycles. The fourth-order valence-electron chi connectivity index (χ4n) is 1.47. The molecule has 3 atom stereocenters. The van der Waals surface area contributed by atoms with Gasteiger partial charge in [-0.3, -0.25) is 0 Å². The predicted molar refractivity (Wildman–Crippen MR) is 48.4 cm³/mol. The number of alkyl halides is 3. The van der Waals surface area contributed by atoms with Crippen molar-refractivity contribution in [1.82, 2.24) is 0 Å². The van der Waals surface area contributed by atoms with Gasteiger partial charge in [-0.25, -0.2) is 0 Å². The Morgan fingerprint density at radius 1 is 1.33 bits per heavy atom. The average Bonchev–Trinajstić information content (AvgIpc) is 2.11. The van der Waals surface area contributed by atoms with E-state index in [1.807, 2.05) is 6.92 Å². The predicted octanol–water partition coefficient (Wildman–Crippen LogP) is 1.46. The van der Waals surface area contributed by atoms with Crippen LogP contribution in [-0.4, -0.2) is 37.6 Å². The number of ether oxygens (including phenoxy) is 2. The van der Waals surface area contributed by atoms with E-state index in [0.717, 1.165) is 6.42 Å². The Hall–Kier alpha value is -0.330. The fraction of sp³-hybridized carbons (Fsp3) is 1.00. The van der Waals surface area contributed by atoms with E-state index in [1.165, 1.54) is 0 Å². The second kappa shape index (κ2) is 5.14. The summed E-state index contributed by atoms with van der Waals surface area (Å²) in [5.74, 6) is 0. The van der Waals surface area contributed by atoms with Gasteiger partial charge in [0.15, 0.2) is 0 Å². The minimum atomic E-state index is -4.28. The van der Waals surface area contributed by atoms with Gasteiger partial charge in [0.25, 0.3) is 0 Å². The summed E-state index contributed by atoms with van der Waals surface area (Å²) in [7, 11) is 0. The molecule has 6 heteroatoms. The first-order valence-corrected chi connectivity index (χ1v) is 4.99. The van der Waals surface area contributed by atoms with Crippen molar-refractivity contribution in [2.24, 2.45) is 5.73 Å². The van der Waals surface area contributed by atoms with E-state index >= 15 is 0 Å². The molecule has 0 aliphatic heterocycles. The minimum absolute atomic E-state index is 0.199. The molecule has 1 fully saturated rings. The molecule has 2 N–H and O–H groups in total. The maximum atomic E-state index is 11.9. The molecular formula is C9H16F3NO2. The summed E-state index contributed by atoms with van der Waals surface area (Å²) in [4.78, 5) is 0. The van der Waals surface area contributed by atoms with Gasteiger partial charge in [0.2, 0.25) is 0 Å². The number of rotatable bonds is 5. The van der Waals surface area contributed by atoms with Crippen LogP contribution in [0.15, 0.2) is 0 Å². The summed E-state index contributed by atoms with van der Waals surface area (Å²) in [6, 6.07) is -0.199. The third kappa shape index (κ3) is 3.96. The highest BCUT2D eigenvalue weighted by Gasteiger charge is 2.42. The maximum absolute atomic E-state index is 11.9. The zero-order valence-electron chi connectivity index (χ0n) is 8.59. The van der Waals surface area contributed by atoms with E-state index in [1.54, 1.807) is 0 Å². The fourth-order valence-corrected chi connectivity index (χ4v) is 1.47. The molecule has 3 nitrogen and oxygen atoms in total. The Kier molecular flexibility index (Phi) is 4.36. The highest BCUT2D eigenvalue weighted by molar-refractivity contribution is 4.95.